The second kappa shape index (κ2) is 7.44. The van der Waals surface area contributed by atoms with Gasteiger partial charge in [-0.3, -0.25) is 9.59 Å². The molecule has 2 aliphatic rings. The second-order valence-corrected chi connectivity index (χ2v) is 7.44. The molecular weight excluding hydrogens is 278 g/mol. The molecule has 0 unspecified atom stereocenters. The summed E-state index contributed by atoms with van der Waals surface area (Å²) >= 11 is 0. The summed E-state index contributed by atoms with van der Waals surface area (Å²) in [5.41, 5.74) is 5.61. The summed E-state index contributed by atoms with van der Waals surface area (Å²) < 4.78 is 0. The van der Waals surface area contributed by atoms with E-state index in [0.717, 1.165) is 51.6 Å². The first-order chi connectivity index (χ1) is 10.4. The molecule has 2 rings (SSSR count). The molecule has 5 heteroatoms. The molecule has 1 heterocycles. The minimum atomic E-state index is -0.664. The molecule has 22 heavy (non-hydrogen) atoms. The monoisotopic (exact) mass is 309 g/mol. The van der Waals surface area contributed by atoms with Crippen LogP contribution >= 0.6 is 0 Å². The molecule has 0 radical (unpaired) electrons. The molecule has 2 amide bonds. The predicted octanol–water partition coefficient (Wildman–Crippen LogP) is 1.80. The van der Waals surface area contributed by atoms with E-state index in [9.17, 15) is 9.59 Å². The van der Waals surface area contributed by atoms with Crippen molar-refractivity contribution in [3.8, 4) is 0 Å². The Morgan fingerprint density at radius 1 is 1.18 bits per heavy atom. The Morgan fingerprint density at radius 3 is 2.32 bits per heavy atom. The van der Waals surface area contributed by atoms with Crippen LogP contribution in [0.15, 0.2) is 0 Å². The highest BCUT2D eigenvalue weighted by Crippen LogP contribution is 2.26. The van der Waals surface area contributed by atoms with Crippen LogP contribution in [0.2, 0.25) is 0 Å². The normalized spacial score (nSPS) is 22.6. The zero-order valence-electron chi connectivity index (χ0n) is 14.1. The van der Waals surface area contributed by atoms with Crippen molar-refractivity contribution in [3.63, 3.8) is 0 Å². The largest absolute Gasteiger partial charge is 0.352 e. The van der Waals surface area contributed by atoms with Crippen molar-refractivity contribution in [3.05, 3.63) is 0 Å². The van der Waals surface area contributed by atoms with Gasteiger partial charge in [0.05, 0.1) is 5.54 Å². The summed E-state index contributed by atoms with van der Waals surface area (Å²) in [5.74, 6) is 0.648. The number of nitrogens with two attached hydrogens (primary N) is 1. The van der Waals surface area contributed by atoms with Crippen LogP contribution in [0.25, 0.3) is 0 Å². The van der Waals surface area contributed by atoms with Crippen LogP contribution in [0.3, 0.4) is 0 Å². The van der Waals surface area contributed by atoms with Crippen molar-refractivity contribution in [1.29, 1.82) is 0 Å². The van der Waals surface area contributed by atoms with Crippen molar-refractivity contribution in [2.45, 2.75) is 76.8 Å². The van der Waals surface area contributed by atoms with Gasteiger partial charge in [-0.2, -0.15) is 0 Å². The van der Waals surface area contributed by atoms with Gasteiger partial charge in [-0.25, -0.2) is 0 Å². The highest BCUT2D eigenvalue weighted by molar-refractivity contribution is 5.86. The fourth-order valence-electron chi connectivity index (χ4n) is 3.49. The van der Waals surface area contributed by atoms with E-state index in [4.69, 9.17) is 5.73 Å². The molecule has 2 fully saturated rings. The lowest BCUT2D eigenvalue weighted by atomic mass is 9.81. The molecule has 1 saturated carbocycles. The van der Waals surface area contributed by atoms with Gasteiger partial charge in [-0.1, -0.05) is 33.1 Å². The number of amides is 2. The van der Waals surface area contributed by atoms with Crippen LogP contribution in [-0.2, 0) is 9.59 Å². The molecule has 1 aliphatic heterocycles. The summed E-state index contributed by atoms with van der Waals surface area (Å²) in [4.78, 5) is 26.4. The Kier molecular flexibility index (Phi) is 5.84. The van der Waals surface area contributed by atoms with Crippen LogP contribution in [0.4, 0.5) is 0 Å². The molecule has 126 valence electrons. The van der Waals surface area contributed by atoms with Gasteiger partial charge in [-0.05, 0) is 31.6 Å². The summed E-state index contributed by atoms with van der Waals surface area (Å²) in [7, 11) is 0. The Labute approximate surface area is 134 Å². The Hall–Kier alpha value is -1.10. The maximum Gasteiger partial charge on any atom is 0.240 e. The SMILES string of the molecule is CC(C)CC(=O)N1CCC(NC(=O)C2(N)CCCCC2)CC1. The number of carbonyl (C=O) groups excluding carboxylic acids is 2. The molecule has 0 spiro atoms. The highest BCUT2D eigenvalue weighted by atomic mass is 16.2. The molecule has 0 aromatic heterocycles. The summed E-state index contributed by atoms with van der Waals surface area (Å²) in [6, 6.07) is 0.165. The highest BCUT2D eigenvalue weighted by Gasteiger charge is 2.36. The van der Waals surface area contributed by atoms with Gasteiger partial charge in [0.15, 0.2) is 0 Å². The summed E-state index contributed by atoms with van der Waals surface area (Å²) in [6.45, 7) is 5.62. The first-order valence-corrected chi connectivity index (χ1v) is 8.78. The topological polar surface area (TPSA) is 75.4 Å². The number of nitrogens with zero attached hydrogens (tertiary/aromatic N) is 1. The molecule has 1 saturated heterocycles. The average molecular weight is 309 g/mol. The molecule has 0 bridgehead atoms. The minimum Gasteiger partial charge on any atom is -0.352 e. The average Bonchev–Trinajstić information content (AvgIpc) is 2.48. The van der Waals surface area contributed by atoms with Crippen LogP contribution in [0.1, 0.15) is 65.2 Å². The first-order valence-electron chi connectivity index (χ1n) is 8.78. The van der Waals surface area contributed by atoms with Crippen molar-refractivity contribution in [2.24, 2.45) is 11.7 Å². The van der Waals surface area contributed by atoms with Crippen LogP contribution in [0, 0.1) is 5.92 Å². The van der Waals surface area contributed by atoms with E-state index < -0.39 is 5.54 Å². The molecule has 5 nitrogen and oxygen atoms in total. The van der Waals surface area contributed by atoms with Crippen molar-refractivity contribution >= 4 is 11.8 Å². The van der Waals surface area contributed by atoms with E-state index in [-0.39, 0.29) is 17.9 Å². The number of hydrogen-bond acceptors (Lipinski definition) is 3. The molecular formula is C17H31N3O2. The predicted molar refractivity (Wildman–Crippen MR) is 87.2 cm³/mol. The number of likely N-dealkylation sites (tertiary alicyclic amines) is 1. The fraction of sp³-hybridized carbons (Fsp3) is 0.882. The quantitative estimate of drug-likeness (QED) is 0.831. The smallest absolute Gasteiger partial charge is 0.240 e. The number of hydrogen-bond donors (Lipinski definition) is 2. The lowest BCUT2D eigenvalue weighted by molar-refractivity contribution is -0.133. The van der Waals surface area contributed by atoms with Gasteiger partial charge in [0, 0.05) is 25.6 Å². The van der Waals surface area contributed by atoms with Gasteiger partial charge in [0.2, 0.25) is 11.8 Å². The van der Waals surface area contributed by atoms with Gasteiger partial charge in [0.25, 0.3) is 0 Å². The number of nitrogens with one attached hydrogen (secondary N) is 1. The molecule has 3 N–H and O–H groups in total. The summed E-state index contributed by atoms with van der Waals surface area (Å²) in [5, 5.41) is 3.13. The first kappa shape index (κ1) is 17.3. The number of piperidine rings is 1. The van der Waals surface area contributed by atoms with Gasteiger partial charge < -0.3 is 16.0 Å². The Balaban J connectivity index is 1.77. The van der Waals surface area contributed by atoms with Gasteiger partial charge >= 0.3 is 0 Å². The molecule has 1 aliphatic carbocycles. The second-order valence-electron chi connectivity index (χ2n) is 7.44. The number of carbonyl (C=O) groups is 2. The van der Waals surface area contributed by atoms with Crippen molar-refractivity contribution < 1.29 is 9.59 Å². The number of rotatable bonds is 4. The fourth-order valence-corrected chi connectivity index (χ4v) is 3.49. The lowest BCUT2D eigenvalue weighted by Gasteiger charge is -2.37. The van der Waals surface area contributed by atoms with E-state index in [1.54, 1.807) is 0 Å². The zero-order valence-corrected chi connectivity index (χ0v) is 14.1. The van der Waals surface area contributed by atoms with Crippen LogP contribution < -0.4 is 11.1 Å². The van der Waals surface area contributed by atoms with Gasteiger partial charge in [0.1, 0.15) is 0 Å². The van der Waals surface area contributed by atoms with Crippen LogP contribution in [0.5, 0.6) is 0 Å². The van der Waals surface area contributed by atoms with E-state index in [1.807, 2.05) is 4.90 Å². The molecule has 0 atom stereocenters. The maximum absolute atomic E-state index is 12.4. The van der Waals surface area contributed by atoms with Crippen molar-refractivity contribution in [1.82, 2.24) is 10.2 Å². The standard InChI is InChI=1S/C17H31N3O2/c1-13(2)12-15(21)20-10-6-14(7-11-20)19-16(22)17(18)8-4-3-5-9-17/h13-14H,3-12,18H2,1-2H3,(H,19,22). The third-order valence-corrected chi connectivity index (χ3v) is 4.96. The molecule has 0 aromatic rings. The molecule has 0 aromatic carbocycles. The van der Waals surface area contributed by atoms with Gasteiger partial charge in [-0.15, -0.1) is 0 Å². The van der Waals surface area contributed by atoms with Crippen molar-refractivity contribution in [2.75, 3.05) is 13.1 Å². The Morgan fingerprint density at radius 2 is 1.77 bits per heavy atom. The summed E-state index contributed by atoms with van der Waals surface area (Å²) in [6.07, 6.45) is 7.16. The third-order valence-electron chi connectivity index (χ3n) is 4.96. The van der Waals surface area contributed by atoms with E-state index in [1.165, 1.54) is 6.42 Å². The maximum atomic E-state index is 12.4. The van der Waals surface area contributed by atoms with Crippen LogP contribution in [-0.4, -0.2) is 41.4 Å². The van der Waals surface area contributed by atoms with E-state index in [0.29, 0.717) is 12.3 Å². The Bertz CT molecular complexity index is 395. The zero-order chi connectivity index (χ0) is 16.2. The lowest BCUT2D eigenvalue weighted by Crippen LogP contribution is -2.58. The van der Waals surface area contributed by atoms with E-state index in [2.05, 4.69) is 19.2 Å². The minimum absolute atomic E-state index is 0.0131. The van der Waals surface area contributed by atoms with E-state index >= 15 is 0 Å². The third kappa shape index (κ3) is 4.45.